The summed E-state index contributed by atoms with van der Waals surface area (Å²) in [4.78, 5) is 29.1. The van der Waals surface area contributed by atoms with Gasteiger partial charge in [-0.1, -0.05) is 24.3 Å². The van der Waals surface area contributed by atoms with Crippen LogP contribution in [0.15, 0.2) is 66.9 Å². The van der Waals surface area contributed by atoms with Crippen LogP contribution in [0.2, 0.25) is 0 Å². The number of halogens is 1. The number of rotatable bonds is 6. The Morgan fingerprint density at radius 2 is 1.62 bits per heavy atom. The number of methoxy groups -OCH3 is 2. The summed E-state index contributed by atoms with van der Waals surface area (Å²) >= 11 is 0. The van der Waals surface area contributed by atoms with Crippen molar-refractivity contribution in [3.8, 4) is 23.0 Å². The lowest BCUT2D eigenvalue weighted by atomic mass is 10.1. The van der Waals surface area contributed by atoms with Gasteiger partial charge in [-0.2, -0.15) is 0 Å². The molecule has 3 aromatic carbocycles. The monoisotopic (exact) mass is 501 g/mol. The lowest BCUT2D eigenvalue weighted by molar-refractivity contribution is -0.136. The summed E-state index contributed by atoms with van der Waals surface area (Å²) in [6.45, 7) is 0. The molecule has 1 heterocycles. The second kappa shape index (κ2) is 10.1. The number of carbonyl (C=O) groups excluding carboxylic acids is 2. The SMILES string of the molecule is COc1ccc2c(Oc3ccc(NC(=O)C(=O)NC4Cc5ccccc5C4)cc3F)ccnc2c1OC. The molecule has 1 aliphatic carbocycles. The van der Waals surface area contributed by atoms with Gasteiger partial charge in [-0.3, -0.25) is 14.6 Å². The largest absolute Gasteiger partial charge is 0.493 e. The third kappa shape index (κ3) is 4.88. The van der Waals surface area contributed by atoms with Crippen molar-refractivity contribution in [2.75, 3.05) is 19.5 Å². The van der Waals surface area contributed by atoms with Gasteiger partial charge in [0.1, 0.15) is 11.3 Å². The van der Waals surface area contributed by atoms with E-state index in [0.29, 0.717) is 41.0 Å². The fraction of sp³-hybridized carbons (Fsp3) is 0.179. The van der Waals surface area contributed by atoms with Gasteiger partial charge in [-0.25, -0.2) is 4.39 Å². The molecule has 2 N–H and O–H groups in total. The Morgan fingerprint density at radius 1 is 0.892 bits per heavy atom. The molecular weight excluding hydrogens is 477 g/mol. The van der Waals surface area contributed by atoms with Gasteiger partial charge in [0, 0.05) is 29.4 Å². The molecule has 4 aromatic rings. The number of benzene rings is 3. The number of fused-ring (bicyclic) bond motifs is 2. The minimum Gasteiger partial charge on any atom is -0.493 e. The Labute approximate surface area is 212 Å². The Morgan fingerprint density at radius 3 is 2.30 bits per heavy atom. The Hall–Kier alpha value is -4.66. The van der Waals surface area contributed by atoms with Crippen LogP contribution in [-0.4, -0.2) is 37.1 Å². The zero-order valence-electron chi connectivity index (χ0n) is 20.2. The number of nitrogens with zero attached hydrogens (tertiary/aromatic N) is 1. The second-order valence-electron chi connectivity index (χ2n) is 8.56. The summed E-state index contributed by atoms with van der Waals surface area (Å²) < 4.78 is 31.4. The van der Waals surface area contributed by atoms with Crippen molar-refractivity contribution >= 4 is 28.4 Å². The summed E-state index contributed by atoms with van der Waals surface area (Å²) in [5.74, 6) is -1.12. The highest BCUT2D eigenvalue weighted by Gasteiger charge is 2.25. The Kier molecular flexibility index (Phi) is 6.59. The molecular formula is C28H24FN3O5. The molecule has 0 aliphatic heterocycles. The molecule has 0 radical (unpaired) electrons. The van der Waals surface area contributed by atoms with Crippen LogP contribution in [0.5, 0.6) is 23.0 Å². The first-order valence-corrected chi connectivity index (χ1v) is 11.6. The number of anilines is 1. The predicted molar refractivity (Wildman–Crippen MR) is 136 cm³/mol. The van der Waals surface area contributed by atoms with E-state index in [1.165, 1.54) is 32.5 Å². The molecule has 0 unspecified atom stereocenters. The molecule has 1 aliphatic rings. The van der Waals surface area contributed by atoms with E-state index in [4.69, 9.17) is 14.2 Å². The van der Waals surface area contributed by atoms with Gasteiger partial charge in [0.15, 0.2) is 23.1 Å². The number of carbonyl (C=O) groups is 2. The first-order chi connectivity index (χ1) is 18.0. The summed E-state index contributed by atoms with van der Waals surface area (Å²) in [6, 6.07) is 16.8. The van der Waals surface area contributed by atoms with Gasteiger partial charge >= 0.3 is 11.8 Å². The van der Waals surface area contributed by atoms with Crippen LogP contribution in [0.4, 0.5) is 10.1 Å². The number of hydrogen-bond acceptors (Lipinski definition) is 6. The van der Waals surface area contributed by atoms with Crippen molar-refractivity contribution in [3.05, 3.63) is 83.8 Å². The molecule has 0 spiro atoms. The van der Waals surface area contributed by atoms with Gasteiger partial charge in [-0.05, 0) is 54.3 Å². The van der Waals surface area contributed by atoms with Crippen LogP contribution in [0.3, 0.4) is 0 Å². The molecule has 1 aromatic heterocycles. The molecule has 9 heteroatoms. The van der Waals surface area contributed by atoms with E-state index in [2.05, 4.69) is 15.6 Å². The molecule has 188 valence electrons. The van der Waals surface area contributed by atoms with E-state index in [0.717, 1.165) is 17.2 Å². The van der Waals surface area contributed by atoms with Gasteiger partial charge in [-0.15, -0.1) is 0 Å². The fourth-order valence-electron chi connectivity index (χ4n) is 4.48. The minimum absolute atomic E-state index is 0.0616. The maximum absolute atomic E-state index is 14.9. The highest BCUT2D eigenvalue weighted by molar-refractivity contribution is 6.39. The van der Waals surface area contributed by atoms with Gasteiger partial charge in [0.25, 0.3) is 0 Å². The number of ether oxygens (including phenoxy) is 3. The second-order valence-corrected chi connectivity index (χ2v) is 8.56. The Bertz CT molecular complexity index is 1480. The van der Waals surface area contributed by atoms with Crippen LogP contribution in [-0.2, 0) is 22.4 Å². The van der Waals surface area contributed by atoms with Crippen molar-refractivity contribution in [2.24, 2.45) is 0 Å². The zero-order valence-corrected chi connectivity index (χ0v) is 20.2. The van der Waals surface area contributed by atoms with Crippen molar-refractivity contribution in [2.45, 2.75) is 18.9 Å². The Balaban J connectivity index is 1.26. The van der Waals surface area contributed by atoms with Crippen molar-refractivity contribution in [3.63, 3.8) is 0 Å². The van der Waals surface area contributed by atoms with Crippen LogP contribution in [0, 0.1) is 5.82 Å². The molecule has 2 amide bonds. The van der Waals surface area contributed by atoms with Crippen LogP contribution in [0.1, 0.15) is 11.1 Å². The third-order valence-corrected chi connectivity index (χ3v) is 6.22. The molecule has 8 nitrogen and oxygen atoms in total. The molecule has 37 heavy (non-hydrogen) atoms. The van der Waals surface area contributed by atoms with Gasteiger partial charge in [0.2, 0.25) is 0 Å². The third-order valence-electron chi connectivity index (χ3n) is 6.22. The topological polar surface area (TPSA) is 98.8 Å². The minimum atomic E-state index is -0.870. The quantitative estimate of drug-likeness (QED) is 0.380. The molecule has 0 fully saturated rings. The average molecular weight is 502 g/mol. The molecule has 0 bridgehead atoms. The lowest BCUT2D eigenvalue weighted by Crippen LogP contribution is -2.42. The standard InChI is InChI=1S/C28H24FN3O5/c1-35-24-10-8-20-22(11-12-30-25(20)26(24)36-2)37-23-9-7-18(15-21(23)29)31-27(33)28(34)32-19-13-16-5-3-4-6-17(16)14-19/h3-12,15,19H,13-14H2,1-2H3,(H,31,33)(H,32,34). The number of amides is 2. The van der Waals surface area contributed by atoms with Crippen LogP contribution >= 0.6 is 0 Å². The fourth-order valence-corrected chi connectivity index (χ4v) is 4.48. The van der Waals surface area contributed by atoms with E-state index in [-0.39, 0.29) is 17.5 Å². The van der Waals surface area contributed by atoms with E-state index in [9.17, 15) is 14.0 Å². The van der Waals surface area contributed by atoms with Crippen LogP contribution < -0.4 is 24.8 Å². The normalized spacial score (nSPS) is 12.6. The van der Waals surface area contributed by atoms with Crippen molar-refractivity contribution in [1.82, 2.24) is 10.3 Å². The highest BCUT2D eigenvalue weighted by atomic mass is 19.1. The average Bonchev–Trinajstić information content (AvgIpc) is 3.31. The summed E-state index contributed by atoms with van der Waals surface area (Å²) in [5, 5.41) is 5.78. The van der Waals surface area contributed by atoms with E-state index < -0.39 is 17.6 Å². The van der Waals surface area contributed by atoms with Gasteiger partial charge < -0.3 is 24.8 Å². The lowest BCUT2D eigenvalue weighted by Gasteiger charge is -2.14. The maximum Gasteiger partial charge on any atom is 0.313 e. The van der Waals surface area contributed by atoms with E-state index >= 15 is 0 Å². The highest BCUT2D eigenvalue weighted by Crippen LogP contribution is 2.39. The van der Waals surface area contributed by atoms with Crippen molar-refractivity contribution < 1.29 is 28.2 Å². The summed E-state index contributed by atoms with van der Waals surface area (Å²) in [5.41, 5.74) is 2.95. The molecule has 0 atom stereocenters. The predicted octanol–water partition coefficient (Wildman–Crippen LogP) is 4.41. The van der Waals surface area contributed by atoms with E-state index in [1.807, 2.05) is 24.3 Å². The maximum atomic E-state index is 14.9. The van der Waals surface area contributed by atoms with Gasteiger partial charge in [0.05, 0.1) is 14.2 Å². The smallest absolute Gasteiger partial charge is 0.313 e. The molecule has 5 rings (SSSR count). The molecule has 0 saturated heterocycles. The summed E-state index contributed by atoms with van der Waals surface area (Å²) in [6.07, 6.45) is 2.85. The summed E-state index contributed by atoms with van der Waals surface area (Å²) in [7, 11) is 3.03. The van der Waals surface area contributed by atoms with E-state index in [1.54, 1.807) is 18.2 Å². The number of hydrogen-bond donors (Lipinski definition) is 2. The number of pyridine rings is 1. The van der Waals surface area contributed by atoms with Crippen molar-refractivity contribution in [1.29, 1.82) is 0 Å². The van der Waals surface area contributed by atoms with Crippen LogP contribution in [0.25, 0.3) is 10.9 Å². The number of nitrogens with one attached hydrogen (secondary N) is 2. The number of aromatic nitrogens is 1. The molecule has 0 saturated carbocycles. The first-order valence-electron chi connectivity index (χ1n) is 11.6. The zero-order chi connectivity index (χ0) is 25.9. The first kappa shape index (κ1) is 24.1.